The van der Waals surface area contributed by atoms with Gasteiger partial charge in [-0.15, -0.1) is 0 Å². The highest BCUT2D eigenvalue weighted by Gasteiger charge is 2.37. The molecule has 0 N–H and O–H groups in total. The van der Waals surface area contributed by atoms with Crippen molar-refractivity contribution in [2.24, 2.45) is 4.99 Å². The lowest BCUT2D eigenvalue weighted by atomic mass is 10.1. The first-order valence-corrected chi connectivity index (χ1v) is 4.99. The molecule has 4 nitrogen and oxygen atoms in total. The molecule has 0 aromatic heterocycles. The minimum Gasteiger partial charge on any atom is -0.497 e. The molecule has 0 fully saturated rings. The molecule has 0 saturated carbocycles. The zero-order valence-electron chi connectivity index (χ0n) is 9.48. The van der Waals surface area contributed by atoms with Gasteiger partial charge in [-0.2, -0.15) is 4.99 Å². The molecule has 84 valence electrons. The van der Waals surface area contributed by atoms with Crippen LogP contribution in [0, 0.1) is 0 Å². The predicted molar refractivity (Wildman–Crippen MR) is 59.7 cm³/mol. The second kappa shape index (κ2) is 3.63. The maximum Gasteiger partial charge on any atom is 0.292 e. The van der Waals surface area contributed by atoms with E-state index in [1.165, 1.54) is 0 Å². The van der Waals surface area contributed by atoms with Crippen LogP contribution in [0.3, 0.4) is 0 Å². The van der Waals surface area contributed by atoms with Gasteiger partial charge >= 0.3 is 0 Å². The van der Waals surface area contributed by atoms with Crippen LogP contribution in [0.15, 0.2) is 29.3 Å². The molecule has 1 heterocycles. The molecule has 1 aliphatic heterocycles. The number of aliphatic imine (C=N–C) groups is 1. The Morgan fingerprint density at radius 3 is 2.31 bits per heavy atom. The number of hydrogen-bond donors (Lipinski definition) is 0. The largest absolute Gasteiger partial charge is 0.497 e. The normalized spacial score (nSPS) is 17.9. The first-order valence-electron chi connectivity index (χ1n) is 4.99. The summed E-state index contributed by atoms with van der Waals surface area (Å²) in [6, 6.07) is 7.23. The number of rotatable bonds is 2. The quantitative estimate of drug-likeness (QED) is 0.761. The number of carbonyl (C=O) groups excluding carboxylic acids is 1. The Labute approximate surface area is 93.9 Å². The first-order chi connectivity index (χ1) is 7.53. The van der Waals surface area contributed by atoms with Crippen molar-refractivity contribution >= 4 is 11.8 Å². The number of ether oxygens (including phenoxy) is 2. The third-order valence-electron chi connectivity index (χ3n) is 2.41. The van der Waals surface area contributed by atoms with Crippen molar-refractivity contribution in [1.82, 2.24) is 0 Å². The summed E-state index contributed by atoms with van der Waals surface area (Å²) in [4.78, 5) is 15.3. The topological polar surface area (TPSA) is 47.9 Å². The van der Waals surface area contributed by atoms with Gasteiger partial charge in [0.05, 0.1) is 7.11 Å². The van der Waals surface area contributed by atoms with Crippen LogP contribution in [0.2, 0.25) is 0 Å². The van der Waals surface area contributed by atoms with Gasteiger partial charge < -0.3 is 9.47 Å². The van der Waals surface area contributed by atoms with E-state index in [2.05, 4.69) is 4.99 Å². The van der Waals surface area contributed by atoms with Crippen molar-refractivity contribution in [1.29, 1.82) is 0 Å². The third-order valence-corrected chi connectivity index (χ3v) is 2.41. The zero-order valence-corrected chi connectivity index (χ0v) is 9.48. The summed E-state index contributed by atoms with van der Waals surface area (Å²) in [6.45, 7) is 3.41. The third kappa shape index (κ3) is 1.78. The summed E-state index contributed by atoms with van der Waals surface area (Å²) in [7, 11) is 1.60. The minimum atomic E-state index is -0.852. The smallest absolute Gasteiger partial charge is 0.292 e. The first kappa shape index (κ1) is 10.7. The fourth-order valence-electron chi connectivity index (χ4n) is 1.39. The fourth-order valence-corrected chi connectivity index (χ4v) is 1.39. The second-order valence-electron chi connectivity index (χ2n) is 4.06. The van der Waals surface area contributed by atoms with Gasteiger partial charge in [0, 0.05) is 5.56 Å². The van der Waals surface area contributed by atoms with Gasteiger partial charge in [0.1, 0.15) is 5.75 Å². The molecule has 0 unspecified atom stereocenters. The number of hydrogen-bond acceptors (Lipinski definition) is 3. The molecular weight excluding hydrogens is 206 g/mol. The lowest BCUT2D eigenvalue weighted by molar-refractivity contribution is -0.128. The molecule has 0 bridgehead atoms. The van der Waals surface area contributed by atoms with Crippen molar-refractivity contribution in [3.05, 3.63) is 29.8 Å². The predicted octanol–water partition coefficient (Wildman–Crippen LogP) is 1.78. The van der Waals surface area contributed by atoms with Crippen LogP contribution in [0.4, 0.5) is 0 Å². The number of carbonyl (C=O) groups is 1. The number of benzene rings is 1. The van der Waals surface area contributed by atoms with Crippen LogP contribution in [0.1, 0.15) is 19.4 Å². The summed E-state index contributed by atoms with van der Waals surface area (Å²) < 4.78 is 10.5. The van der Waals surface area contributed by atoms with Crippen LogP contribution >= 0.6 is 0 Å². The van der Waals surface area contributed by atoms with Crippen molar-refractivity contribution < 1.29 is 14.3 Å². The van der Waals surface area contributed by atoms with E-state index in [0.717, 1.165) is 11.3 Å². The molecule has 1 aliphatic rings. The Balaban J connectivity index is 2.26. The van der Waals surface area contributed by atoms with Gasteiger partial charge in [0.2, 0.25) is 5.90 Å². The molecule has 4 heteroatoms. The van der Waals surface area contributed by atoms with Crippen LogP contribution in [0.5, 0.6) is 5.75 Å². The van der Waals surface area contributed by atoms with Crippen LogP contribution < -0.4 is 4.74 Å². The van der Waals surface area contributed by atoms with Crippen molar-refractivity contribution in [3.8, 4) is 5.75 Å². The Bertz CT molecular complexity index is 446. The molecule has 0 atom stereocenters. The number of amides is 1. The van der Waals surface area contributed by atoms with Gasteiger partial charge in [-0.1, -0.05) is 0 Å². The van der Waals surface area contributed by atoms with E-state index in [4.69, 9.17) is 9.47 Å². The highest BCUT2D eigenvalue weighted by molar-refractivity contribution is 6.08. The minimum absolute atomic E-state index is 0.252. The Kier molecular flexibility index (Phi) is 2.42. The van der Waals surface area contributed by atoms with Crippen LogP contribution in [-0.2, 0) is 9.53 Å². The lowest BCUT2D eigenvalue weighted by Gasteiger charge is -2.15. The van der Waals surface area contributed by atoms with Gasteiger partial charge in [0.15, 0.2) is 5.60 Å². The average Bonchev–Trinajstić information content (AvgIpc) is 2.54. The van der Waals surface area contributed by atoms with Gasteiger partial charge in [0.25, 0.3) is 5.91 Å². The van der Waals surface area contributed by atoms with Gasteiger partial charge in [-0.25, -0.2) is 0 Å². The Morgan fingerprint density at radius 1 is 1.25 bits per heavy atom. The molecule has 2 rings (SSSR count). The zero-order chi connectivity index (χ0) is 11.8. The maximum atomic E-state index is 11.5. The summed E-state index contributed by atoms with van der Waals surface area (Å²) in [5, 5.41) is 0. The van der Waals surface area contributed by atoms with Crippen LogP contribution in [-0.4, -0.2) is 24.5 Å². The van der Waals surface area contributed by atoms with Crippen molar-refractivity contribution in [3.63, 3.8) is 0 Å². The molecule has 0 radical (unpaired) electrons. The highest BCUT2D eigenvalue weighted by atomic mass is 16.5. The van der Waals surface area contributed by atoms with Crippen molar-refractivity contribution in [2.45, 2.75) is 19.4 Å². The standard InChI is InChI=1S/C12H13NO3/c1-12(2)11(14)13-10(16-12)8-4-6-9(15-3)7-5-8/h4-7H,1-3H3. The molecule has 0 saturated heterocycles. The highest BCUT2D eigenvalue weighted by Crippen LogP contribution is 2.23. The summed E-state index contributed by atoms with van der Waals surface area (Å²) in [5.41, 5.74) is -0.0744. The van der Waals surface area contributed by atoms with E-state index < -0.39 is 5.60 Å². The van der Waals surface area contributed by atoms with E-state index >= 15 is 0 Å². The van der Waals surface area contributed by atoms with Gasteiger partial charge in [-0.3, -0.25) is 4.79 Å². The second-order valence-corrected chi connectivity index (χ2v) is 4.06. The molecule has 1 aromatic carbocycles. The van der Waals surface area contributed by atoms with E-state index in [1.54, 1.807) is 33.1 Å². The molecule has 1 amide bonds. The van der Waals surface area contributed by atoms with Gasteiger partial charge in [-0.05, 0) is 38.1 Å². The summed E-state index contributed by atoms with van der Waals surface area (Å²) in [6.07, 6.45) is 0. The Morgan fingerprint density at radius 2 is 1.88 bits per heavy atom. The Hall–Kier alpha value is -1.84. The van der Waals surface area contributed by atoms with E-state index in [0.29, 0.717) is 5.90 Å². The fraction of sp³-hybridized carbons (Fsp3) is 0.333. The van der Waals surface area contributed by atoms with E-state index in [-0.39, 0.29) is 5.91 Å². The number of nitrogens with zero attached hydrogens (tertiary/aromatic N) is 1. The van der Waals surface area contributed by atoms with Crippen molar-refractivity contribution in [2.75, 3.05) is 7.11 Å². The molecule has 16 heavy (non-hydrogen) atoms. The van der Waals surface area contributed by atoms with Crippen LogP contribution in [0.25, 0.3) is 0 Å². The summed E-state index contributed by atoms with van der Waals surface area (Å²) in [5.74, 6) is 0.879. The molecule has 0 aliphatic carbocycles. The SMILES string of the molecule is COc1ccc(C2=NC(=O)C(C)(C)O2)cc1. The van der Waals surface area contributed by atoms with E-state index in [9.17, 15) is 4.79 Å². The number of methoxy groups -OCH3 is 1. The molecular formula is C12H13NO3. The molecule has 1 aromatic rings. The average molecular weight is 219 g/mol. The lowest BCUT2D eigenvalue weighted by Crippen LogP contribution is -2.29. The summed E-state index contributed by atoms with van der Waals surface area (Å²) >= 11 is 0. The maximum absolute atomic E-state index is 11.5. The molecule has 0 spiro atoms. The monoisotopic (exact) mass is 219 g/mol. The van der Waals surface area contributed by atoms with E-state index in [1.807, 2.05) is 12.1 Å².